The lowest BCUT2D eigenvalue weighted by Crippen LogP contribution is -2.44. The van der Waals surface area contributed by atoms with E-state index in [2.05, 4.69) is 0 Å². The number of aliphatic hydroxyl groups excluding tert-OH is 1. The lowest BCUT2D eigenvalue weighted by Gasteiger charge is -2.31. The lowest BCUT2D eigenvalue weighted by atomic mass is 10.3. The molecule has 1 fully saturated rings. The van der Waals surface area contributed by atoms with E-state index in [9.17, 15) is 21.9 Å². The first-order chi connectivity index (χ1) is 8.70. The molecule has 0 amide bonds. The zero-order valence-electron chi connectivity index (χ0n) is 9.93. The fraction of sp³-hybridized carbons (Fsp3) is 0.400. The average molecular weight is 312 g/mol. The summed E-state index contributed by atoms with van der Waals surface area (Å²) in [6.45, 7) is -0.0307. The molecule has 0 radical (unpaired) electrons. The predicted octanol–water partition coefficient (Wildman–Crippen LogP) is -0.765. The first-order valence-corrected chi connectivity index (χ1v) is 8.67. The van der Waals surface area contributed by atoms with Crippen LogP contribution >= 0.6 is 0 Å². The first-order valence-electron chi connectivity index (χ1n) is 5.51. The number of β-amino-alcohol motifs (C(OH)–C–C–N with tert-alkyl or cyclic N) is 1. The monoisotopic (exact) mass is 312 g/mol. The van der Waals surface area contributed by atoms with Gasteiger partial charge in [0, 0.05) is 0 Å². The molecule has 106 valence electrons. The van der Waals surface area contributed by atoms with Crippen molar-refractivity contribution in [3.63, 3.8) is 0 Å². The molecule has 1 unspecified atom stereocenters. The molecule has 1 aliphatic rings. The van der Waals surface area contributed by atoms with E-state index >= 15 is 0 Å². The van der Waals surface area contributed by atoms with Gasteiger partial charge in [0.2, 0.25) is 20.0 Å². The normalized spacial score (nSPS) is 23.3. The Bertz CT molecular complexity index is 666. The van der Waals surface area contributed by atoms with Crippen LogP contribution in [-0.4, -0.2) is 40.3 Å². The Labute approximate surface area is 111 Å². The van der Waals surface area contributed by atoms with Crippen LogP contribution in [0.5, 0.6) is 0 Å². The van der Waals surface area contributed by atoms with E-state index in [1.807, 2.05) is 0 Å². The van der Waals surface area contributed by atoms with Gasteiger partial charge in [-0.25, -0.2) is 22.0 Å². The number of benzene rings is 1. The van der Waals surface area contributed by atoms with Crippen molar-refractivity contribution in [1.29, 1.82) is 0 Å². The van der Waals surface area contributed by atoms with Gasteiger partial charge < -0.3 is 5.11 Å². The van der Waals surface area contributed by atoms with Crippen LogP contribution in [0.25, 0.3) is 0 Å². The fourth-order valence-electron chi connectivity index (χ4n) is 1.86. The lowest BCUT2D eigenvalue weighted by molar-refractivity contribution is 0.176. The van der Waals surface area contributed by atoms with Crippen molar-refractivity contribution in [1.82, 2.24) is 0 Å². The maximum atomic E-state index is 11.9. The molecule has 1 atom stereocenters. The number of hydrogen-bond acceptors (Lipinski definition) is 5. The van der Waals surface area contributed by atoms with Crippen molar-refractivity contribution in [3.8, 4) is 0 Å². The minimum Gasteiger partial charge on any atom is -0.391 e. The van der Waals surface area contributed by atoms with Crippen molar-refractivity contribution >= 4 is 25.7 Å². The van der Waals surface area contributed by atoms with Crippen molar-refractivity contribution < 1.29 is 21.9 Å². The molecule has 1 aromatic rings. The summed E-state index contributed by atoms with van der Waals surface area (Å²) in [6.07, 6.45) is -0.518. The third-order valence-corrected chi connectivity index (χ3v) is 5.59. The topological polar surface area (TPSA) is 118 Å². The van der Waals surface area contributed by atoms with E-state index in [-0.39, 0.29) is 23.6 Å². The van der Waals surface area contributed by atoms with Gasteiger partial charge in [-0.15, -0.1) is 0 Å². The molecule has 1 aliphatic heterocycles. The number of anilines is 1. The van der Waals surface area contributed by atoms with Crippen LogP contribution in [0.4, 0.5) is 5.69 Å². The number of aliphatic hydroxyl groups is 1. The Morgan fingerprint density at radius 3 is 2.37 bits per heavy atom. The number of sulfonamides is 2. The summed E-state index contributed by atoms with van der Waals surface area (Å²) in [5.74, 6) is -0.134. The Hall–Kier alpha value is -1.16. The summed E-state index contributed by atoms with van der Waals surface area (Å²) in [5, 5.41) is 14.5. The van der Waals surface area contributed by atoms with Gasteiger partial charge in [-0.1, -0.05) is 0 Å². The van der Waals surface area contributed by atoms with Crippen LogP contribution in [0.3, 0.4) is 0 Å². The van der Waals surface area contributed by atoms with Gasteiger partial charge in [0.15, 0.2) is 0 Å². The van der Waals surface area contributed by atoms with Gasteiger partial charge >= 0.3 is 0 Å². The summed E-state index contributed by atoms with van der Waals surface area (Å²) in [7, 11) is -7.27. The van der Waals surface area contributed by atoms with E-state index in [0.717, 1.165) is 4.31 Å². The van der Waals surface area contributed by atoms with Crippen molar-refractivity contribution in [2.75, 3.05) is 16.6 Å². The SMILES string of the molecule is NS(=O)(=O)[13c]1[13cH][13cH][13c](N2CC(O)CCS2(=O)=O)[13cH][13cH]1. The van der Waals surface area contributed by atoms with Gasteiger partial charge in [-0.3, -0.25) is 4.31 Å². The second kappa shape index (κ2) is 4.75. The Morgan fingerprint density at radius 1 is 1.26 bits per heavy atom. The molecule has 1 aromatic carbocycles. The Balaban J connectivity index is 2.36. The van der Waals surface area contributed by atoms with Crippen molar-refractivity contribution in [3.05, 3.63) is 24.3 Å². The van der Waals surface area contributed by atoms with Crippen LogP contribution in [0.2, 0.25) is 0 Å². The highest BCUT2D eigenvalue weighted by Crippen LogP contribution is 2.24. The smallest absolute Gasteiger partial charge is 0.238 e. The molecule has 0 aromatic heterocycles. The quantitative estimate of drug-likeness (QED) is 0.744. The van der Waals surface area contributed by atoms with Gasteiger partial charge in [-0.05, 0) is 30.7 Å². The maximum absolute atomic E-state index is 11.9. The zero-order chi connectivity index (χ0) is 14.3. The molecule has 9 heteroatoms. The first kappa shape index (κ1) is 14.3. The van der Waals surface area contributed by atoms with Gasteiger partial charge in [-0.2, -0.15) is 0 Å². The number of primary sulfonamides is 1. The predicted molar refractivity (Wildman–Crippen MR) is 69.6 cm³/mol. The highest BCUT2D eigenvalue weighted by atomic mass is 32.2. The standard InChI is InChI=1S/C10H14N2O5S2/c11-19(16,17)10-3-1-8(2-4-10)12-7-9(13)5-6-18(12,14)15/h1-4,9,13H,5-7H2,(H2,11,16,17)/i1+1,2+1,3+1,4+1,8+1,10+1. The van der Waals surface area contributed by atoms with Crippen LogP contribution in [-0.2, 0) is 20.0 Å². The highest BCUT2D eigenvalue weighted by Gasteiger charge is 2.30. The summed E-state index contributed by atoms with van der Waals surface area (Å²) in [5.41, 5.74) is 0.311. The molecule has 0 aliphatic carbocycles. The van der Waals surface area contributed by atoms with E-state index in [4.69, 9.17) is 5.14 Å². The van der Waals surface area contributed by atoms with E-state index in [1.54, 1.807) is 0 Å². The molecular weight excluding hydrogens is 298 g/mol. The Kier molecular flexibility index (Phi) is 3.56. The summed E-state index contributed by atoms with van der Waals surface area (Å²) in [6, 6.07) is 5.19. The highest BCUT2D eigenvalue weighted by molar-refractivity contribution is 7.92. The second-order valence-corrected chi connectivity index (χ2v) is 7.90. The zero-order valence-corrected chi connectivity index (χ0v) is 11.6. The number of hydrogen-bond donors (Lipinski definition) is 2. The van der Waals surface area contributed by atoms with Gasteiger partial charge in [0.25, 0.3) is 0 Å². The molecule has 19 heavy (non-hydrogen) atoms. The molecule has 1 saturated heterocycles. The number of rotatable bonds is 2. The van der Waals surface area contributed by atoms with Gasteiger partial charge in [0.05, 0.1) is 29.0 Å². The van der Waals surface area contributed by atoms with Crippen molar-refractivity contribution in [2.24, 2.45) is 5.14 Å². The molecular formula is C10H14N2O5S2. The van der Waals surface area contributed by atoms with E-state index in [1.165, 1.54) is 24.3 Å². The summed E-state index contributed by atoms with van der Waals surface area (Å²) in [4.78, 5) is -0.0915. The maximum Gasteiger partial charge on any atom is 0.238 e. The largest absolute Gasteiger partial charge is 0.391 e. The number of nitrogens with two attached hydrogens (primary N) is 1. The third-order valence-electron chi connectivity index (χ3n) is 2.87. The van der Waals surface area contributed by atoms with E-state index in [0.29, 0.717) is 5.69 Å². The van der Waals surface area contributed by atoms with Crippen LogP contribution in [0.1, 0.15) is 6.42 Å². The fourth-order valence-corrected chi connectivity index (χ4v) is 4.01. The molecule has 2 rings (SSSR count). The average Bonchev–Trinajstić information content (AvgIpc) is 2.31. The van der Waals surface area contributed by atoms with Crippen LogP contribution in [0.15, 0.2) is 29.2 Å². The molecule has 0 saturated carbocycles. The molecule has 3 N–H and O–H groups in total. The molecule has 7 nitrogen and oxygen atoms in total. The second-order valence-electron chi connectivity index (χ2n) is 4.33. The summed E-state index contributed by atoms with van der Waals surface area (Å²) >= 11 is 0. The van der Waals surface area contributed by atoms with Crippen LogP contribution < -0.4 is 9.44 Å². The Morgan fingerprint density at radius 2 is 1.84 bits per heavy atom. The molecule has 1 heterocycles. The minimum atomic E-state index is -3.81. The minimum absolute atomic E-state index is 0.0307. The molecule has 0 spiro atoms. The van der Waals surface area contributed by atoms with Crippen LogP contribution in [0, 0.1) is 0 Å². The van der Waals surface area contributed by atoms with E-state index < -0.39 is 26.2 Å². The third kappa shape index (κ3) is 3.06. The summed E-state index contributed by atoms with van der Waals surface area (Å²) < 4.78 is 47.1. The van der Waals surface area contributed by atoms with Gasteiger partial charge in [0.1, 0.15) is 0 Å². The molecule has 0 bridgehead atoms. The number of nitrogens with zero attached hydrogens (tertiary/aromatic N) is 1. The van der Waals surface area contributed by atoms with Crippen molar-refractivity contribution in [2.45, 2.75) is 17.4 Å².